The second kappa shape index (κ2) is 7.00. The molecular weight excluding hydrogens is 350 g/mol. The Morgan fingerprint density at radius 1 is 1.31 bits per heavy atom. The van der Waals surface area contributed by atoms with Gasteiger partial charge in [0.1, 0.15) is 24.7 Å². The fourth-order valence-corrected chi connectivity index (χ4v) is 3.03. The first kappa shape index (κ1) is 16.9. The van der Waals surface area contributed by atoms with Crippen LogP contribution in [0.4, 0.5) is 0 Å². The summed E-state index contributed by atoms with van der Waals surface area (Å²) in [6, 6.07) is 13.7. The van der Waals surface area contributed by atoms with E-state index in [2.05, 4.69) is 10.3 Å². The lowest BCUT2D eigenvalue weighted by molar-refractivity contribution is -0.121. The van der Waals surface area contributed by atoms with Crippen LogP contribution in [0.25, 0.3) is 11.0 Å². The zero-order valence-electron chi connectivity index (χ0n) is 14.5. The molecule has 5 nitrogen and oxygen atoms in total. The Kier molecular flexibility index (Phi) is 4.55. The van der Waals surface area contributed by atoms with Gasteiger partial charge in [-0.2, -0.15) is 0 Å². The number of ether oxygens (including phenoxy) is 1. The summed E-state index contributed by atoms with van der Waals surface area (Å²) in [5.74, 6) is 1.47. The number of fused-ring (bicyclic) bond motifs is 1. The first-order chi connectivity index (χ1) is 12.6. The van der Waals surface area contributed by atoms with Gasteiger partial charge in [-0.25, -0.2) is 4.98 Å². The predicted octanol–water partition coefficient (Wildman–Crippen LogP) is 3.86. The Balaban J connectivity index is 1.57. The number of carbonyl (C=O) groups is 1. The molecule has 6 heteroatoms. The van der Waals surface area contributed by atoms with Gasteiger partial charge in [0.05, 0.1) is 11.0 Å². The van der Waals surface area contributed by atoms with Crippen molar-refractivity contribution in [3.8, 4) is 5.75 Å². The van der Waals surface area contributed by atoms with Gasteiger partial charge < -0.3 is 14.6 Å². The number of nitrogens with zero attached hydrogens (tertiary/aromatic N) is 2. The molecule has 0 unspecified atom stereocenters. The Labute approximate surface area is 156 Å². The fraction of sp³-hybridized carbons (Fsp3) is 0.300. The first-order valence-electron chi connectivity index (χ1n) is 8.72. The molecule has 0 spiro atoms. The minimum Gasteiger partial charge on any atom is -0.486 e. The van der Waals surface area contributed by atoms with Crippen molar-refractivity contribution >= 4 is 28.5 Å². The van der Waals surface area contributed by atoms with E-state index in [0.29, 0.717) is 11.1 Å². The number of halogens is 1. The van der Waals surface area contributed by atoms with E-state index in [1.807, 2.05) is 54.0 Å². The summed E-state index contributed by atoms with van der Waals surface area (Å²) < 4.78 is 7.83. The summed E-state index contributed by atoms with van der Waals surface area (Å²) in [4.78, 5) is 16.9. The Morgan fingerprint density at radius 2 is 2.12 bits per heavy atom. The number of carbonyl (C=O) groups excluding carboxylic acids is 1. The number of aryl methyl sites for hydroxylation is 1. The van der Waals surface area contributed by atoms with Crippen LogP contribution in [0.2, 0.25) is 5.02 Å². The number of benzene rings is 2. The fourth-order valence-electron chi connectivity index (χ4n) is 2.91. The summed E-state index contributed by atoms with van der Waals surface area (Å²) in [5, 5.41) is 3.74. The van der Waals surface area contributed by atoms with Crippen LogP contribution in [0.15, 0.2) is 42.5 Å². The molecule has 134 valence electrons. The molecule has 1 fully saturated rings. The first-order valence-corrected chi connectivity index (χ1v) is 9.10. The lowest BCUT2D eigenvalue weighted by Gasteiger charge is -2.11. The van der Waals surface area contributed by atoms with Gasteiger partial charge in [0.25, 0.3) is 0 Å². The monoisotopic (exact) mass is 369 g/mol. The van der Waals surface area contributed by atoms with Crippen molar-refractivity contribution in [1.29, 1.82) is 0 Å². The minimum absolute atomic E-state index is 0.0132. The van der Waals surface area contributed by atoms with Crippen LogP contribution in [0, 0.1) is 6.92 Å². The molecular formula is C20H20ClN3O2. The number of hydrogen-bond acceptors (Lipinski definition) is 3. The predicted molar refractivity (Wildman–Crippen MR) is 101 cm³/mol. The van der Waals surface area contributed by atoms with E-state index in [1.54, 1.807) is 0 Å². The molecule has 3 aromatic rings. The van der Waals surface area contributed by atoms with Crippen LogP contribution in [-0.2, 0) is 17.9 Å². The Morgan fingerprint density at radius 3 is 2.88 bits per heavy atom. The molecule has 1 aliphatic rings. The molecule has 26 heavy (non-hydrogen) atoms. The van der Waals surface area contributed by atoms with Crippen LogP contribution < -0.4 is 10.1 Å². The lowest BCUT2D eigenvalue weighted by Crippen LogP contribution is -2.30. The molecule has 0 bridgehead atoms. The molecule has 1 heterocycles. The lowest BCUT2D eigenvalue weighted by atomic mass is 10.2. The molecule has 4 rings (SSSR count). The summed E-state index contributed by atoms with van der Waals surface area (Å²) in [6.07, 6.45) is 2.14. The number of aromatic nitrogens is 2. The van der Waals surface area contributed by atoms with Crippen LogP contribution in [0.5, 0.6) is 5.75 Å². The van der Waals surface area contributed by atoms with Gasteiger partial charge in [-0.05, 0) is 55.7 Å². The second-order valence-electron chi connectivity index (χ2n) is 6.64. The van der Waals surface area contributed by atoms with Gasteiger partial charge in [0, 0.05) is 11.1 Å². The molecule has 0 aliphatic heterocycles. The maximum Gasteiger partial charge on any atom is 0.240 e. The average molecular weight is 370 g/mol. The van der Waals surface area contributed by atoms with E-state index in [4.69, 9.17) is 16.3 Å². The van der Waals surface area contributed by atoms with E-state index < -0.39 is 0 Å². The van der Waals surface area contributed by atoms with Crippen molar-refractivity contribution < 1.29 is 9.53 Å². The molecule has 1 aromatic heterocycles. The van der Waals surface area contributed by atoms with E-state index in [0.717, 1.165) is 41.0 Å². The number of nitrogens with one attached hydrogen (secondary N) is 1. The molecule has 1 amide bonds. The number of rotatable bonds is 6. The van der Waals surface area contributed by atoms with Crippen LogP contribution in [-0.4, -0.2) is 21.5 Å². The topological polar surface area (TPSA) is 56.2 Å². The number of para-hydroxylation sites is 2. The van der Waals surface area contributed by atoms with E-state index in [1.165, 1.54) is 0 Å². The molecule has 0 radical (unpaired) electrons. The summed E-state index contributed by atoms with van der Waals surface area (Å²) in [5.41, 5.74) is 2.75. The van der Waals surface area contributed by atoms with Crippen molar-refractivity contribution in [1.82, 2.24) is 14.9 Å². The second-order valence-corrected chi connectivity index (χ2v) is 7.05. The Hall–Kier alpha value is -2.53. The van der Waals surface area contributed by atoms with Crippen molar-refractivity contribution in [2.45, 2.75) is 39.0 Å². The third-order valence-corrected chi connectivity index (χ3v) is 4.90. The van der Waals surface area contributed by atoms with Gasteiger partial charge in [-0.1, -0.05) is 23.7 Å². The molecule has 1 N–H and O–H groups in total. The summed E-state index contributed by atoms with van der Waals surface area (Å²) >= 11 is 6.06. The number of imidazole rings is 1. The minimum atomic E-state index is 0.0132. The smallest absolute Gasteiger partial charge is 0.240 e. The number of amides is 1. The maximum absolute atomic E-state index is 12.3. The van der Waals surface area contributed by atoms with Crippen molar-refractivity contribution in [2.24, 2.45) is 0 Å². The molecule has 1 saturated carbocycles. The average Bonchev–Trinajstić information content (AvgIpc) is 3.37. The zero-order valence-corrected chi connectivity index (χ0v) is 15.3. The third-order valence-electron chi connectivity index (χ3n) is 4.48. The molecule has 2 aromatic carbocycles. The summed E-state index contributed by atoms with van der Waals surface area (Å²) in [7, 11) is 0. The highest BCUT2D eigenvalue weighted by atomic mass is 35.5. The SMILES string of the molecule is Cc1cc(OCc2nc3ccccc3n2CC(=O)NC2CC2)ccc1Cl. The quantitative estimate of drug-likeness (QED) is 0.717. The van der Waals surface area contributed by atoms with Crippen LogP contribution in [0.1, 0.15) is 24.2 Å². The molecule has 0 saturated heterocycles. The van der Waals surface area contributed by atoms with Gasteiger partial charge >= 0.3 is 0 Å². The molecule has 1 aliphatic carbocycles. The van der Waals surface area contributed by atoms with Crippen LogP contribution in [0.3, 0.4) is 0 Å². The molecule has 0 atom stereocenters. The van der Waals surface area contributed by atoms with Gasteiger partial charge in [0.2, 0.25) is 5.91 Å². The van der Waals surface area contributed by atoms with E-state index in [9.17, 15) is 4.79 Å². The highest BCUT2D eigenvalue weighted by Gasteiger charge is 2.24. The van der Waals surface area contributed by atoms with E-state index in [-0.39, 0.29) is 19.1 Å². The normalized spacial score (nSPS) is 13.8. The van der Waals surface area contributed by atoms with Crippen molar-refractivity contribution in [3.63, 3.8) is 0 Å². The number of hydrogen-bond donors (Lipinski definition) is 1. The van der Waals surface area contributed by atoms with Gasteiger partial charge in [-0.15, -0.1) is 0 Å². The van der Waals surface area contributed by atoms with E-state index >= 15 is 0 Å². The zero-order chi connectivity index (χ0) is 18.1. The highest BCUT2D eigenvalue weighted by Crippen LogP contribution is 2.23. The van der Waals surface area contributed by atoms with Crippen LogP contribution >= 0.6 is 11.6 Å². The van der Waals surface area contributed by atoms with Gasteiger partial charge in [-0.3, -0.25) is 4.79 Å². The highest BCUT2D eigenvalue weighted by molar-refractivity contribution is 6.31. The third kappa shape index (κ3) is 3.68. The van der Waals surface area contributed by atoms with Gasteiger partial charge in [0.15, 0.2) is 0 Å². The van der Waals surface area contributed by atoms with Crippen molar-refractivity contribution in [2.75, 3.05) is 0 Å². The standard InChI is InChI=1S/C20H20ClN3O2/c1-13-10-15(8-9-16(13)21)26-12-19-23-17-4-2-3-5-18(17)24(19)11-20(25)22-14-6-7-14/h2-5,8-10,14H,6-7,11-12H2,1H3,(H,22,25). The Bertz CT molecular complexity index is 963. The maximum atomic E-state index is 12.3. The largest absolute Gasteiger partial charge is 0.486 e. The summed E-state index contributed by atoms with van der Waals surface area (Å²) in [6.45, 7) is 2.47. The van der Waals surface area contributed by atoms with Crippen molar-refractivity contribution in [3.05, 3.63) is 58.9 Å².